The van der Waals surface area contributed by atoms with E-state index >= 15 is 0 Å². The molecule has 1 aromatic rings. The maximum absolute atomic E-state index is 9.98. The standard InChI is InChI=1S/C12H17NO2/c13-11(12(15)8-3-1-4-8)9-5-2-6-10(14)7-9/h2,5-8,11-12,14-15H,1,3-4,13H2/t11-,12+/m0/s1. The fraction of sp³-hybridized carbons (Fsp3) is 0.500. The molecular formula is C12H17NO2. The van der Waals surface area contributed by atoms with Crippen molar-refractivity contribution in [2.24, 2.45) is 11.7 Å². The Morgan fingerprint density at radius 3 is 2.60 bits per heavy atom. The van der Waals surface area contributed by atoms with Gasteiger partial charge in [-0.2, -0.15) is 0 Å². The van der Waals surface area contributed by atoms with Crippen LogP contribution in [0.1, 0.15) is 30.9 Å². The summed E-state index contributed by atoms with van der Waals surface area (Å²) in [5.74, 6) is 0.533. The van der Waals surface area contributed by atoms with E-state index in [9.17, 15) is 10.2 Å². The van der Waals surface area contributed by atoms with Crippen LogP contribution in [-0.4, -0.2) is 16.3 Å². The molecule has 2 atom stereocenters. The molecule has 0 radical (unpaired) electrons. The Morgan fingerprint density at radius 1 is 1.33 bits per heavy atom. The number of phenols is 1. The molecule has 2 rings (SSSR count). The molecule has 0 aliphatic heterocycles. The molecule has 1 aliphatic rings. The summed E-state index contributed by atoms with van der Waals surface area (Å²) in [6.07, 6.45) is 2.83. The first-order valence-corrected chi connectivity index (χ1v) is 5.41. The molecule has 0 saturated heterocycles. The predicted octanol–water partition coefficient (Wildman–Crippen LogP) is 1.55. The smallest absolute Gasteiger partial charge is 0.115 e. The Morgan fingerprint density at radius 2 is 2.07 bits per heavy atom. The topological polar surface area (TPSA) is 66.5 Å². The van der Waals surface area contributed by atoms with Gasteiger partial charge in [-0.1, -0.05) is 18.6 Å². The Balaban J connectivity index is 2.08. The quantitative estimate of drug-likeness (QED) is 0.704. The van der Waals surface area contributed by atoms with Crippen LogP contribution < -0.4 is 5.73 Å². The van der Waals surface area contributed by atoms with E-state index in [4.69, 9.17) is 5.73 Å². The van der Waals surface area contributed by atoms with Crippen LogP contribution in [0.3, 0.4) is 0 Å². The highest BCUT2D eigenvalue weighted by atomic mass is 16.3. The van der Waals surface area contributed by atoms with Crippen molar-refractivity contribution in [2.45, 2.75) is 31.4 Å². The first-order chi connectivity index (χ1) is 7.18. The predicted molar refractivity (Wildman–Crippen MR) is 58.4 cm³/mol. The first kappa shape index (κ1) is 10.5. The van der Waals surface area contributed by atoms with Crippen molar-refractivity contribution in [3.8, 4) is 5.75 Å². The molecular weight excluding hydrogens is 190 g/mol. The summed E-state index contributed by atoms with van der Waals surface area (Å²) in [7, 11) is 0. The highest BCUT2D eigenvalue weighted by molar-refractivity contribution is 5.29. The van der Waals surface area contributed by atoms with E-state index < -0.39 is 6.10 Å². The number of aliphatic hydroxyl groups excluding tert-OH is 1. The number of hydrogen-bond acceptors (Lipinski definition) is 3. The maximum atomic E-state index is 9.98. The van der Waals surface area contributed by atoms with Crippen LogP contribution >= 0.6 is 0 Å². The second-order valence-electron chi connectivity index (χ2n) is 4.30. The highest BCUT2D eigenvalue weighted by Gasteiger charge is 2.30. The van der Waals surface area contributed by atoms with Gasteiger partial charge in [-0.05, 0) is 36.5 Å². The van der Waals surface area contributed by atoms with Crippen molar-refractivity contribution in [3.05, 3.63) is 29.8 Å². The van der Waals surface area contributed by atoms with Crippen LogP contribution in [0.5, 0.6) is 5.75 Å². The van der Waals surface area contributed by atoms with Crippen molar-refractivity contribution >= 4 is 0 Å². The van der Waals surface area contributed by atoms with Crippen LogP contribution in [0.15, 0.2) is 24.3 Å². The number of hydrogen-bond donors (Lipinski definition) is 3. The van der Waals surface area contributed by atoms with Gasteiger partial charge in [0.1, 0.15) is 5.75 Å². The number of nitrogens with two attached hydrogens (primary N) is 1. The Labute approximate surface area is 89.5 Å². The lowest BCUT2D eigenvalue weighted by Gasteiger charge is -2.33. The third-order valence-corrected chi connectivity index (χ3v) is 3.26. The van der Waals surface area contributed by atoms with Crippen LogP contribution in [0, 0.1) is 5.92 Å². The monoisotopic (exact) mass is 207 g/mol. The minimum absolute atomic E-state index is 0.198. The summed E-state index contributed by atoms with van der Waals surface area (Å²) in [6.45, 7) is 0. The molecule has 3 nitrogen and oxygen atoms in total. The van der Waals surface area contributed by atoms with Gasteiger partial charge in [-0.25, -0.2) is 0 Å². The van der Waals surface area contributed by atoms with Crippen molar-refractivity contribution in [3.63, 3.8) is 0 Å². The number of aliphatic hydroxyl groups is 1. The van der Waals surface area contributed by atoms with Crippen LogP contribution in [-0.2, 0) is 0 Å². The Bertz CT molecular complexity index is 336. The van der Waals surface area contributed by atoms with Crippen LogP contribution in [0.25, 0.3) is 0 Å². The molecule has 1 fully saturated rings. The minimum atomic E-state index is -0.486. The van der Waals surface area contributed by atoms with E-state index in [0.717, 1.165) is 18.4 Å². The van der Waals surface area contributed by atoms with Gasteiger partial charge in [0.2, 0.25) is 0 Å². The maximum Gasteiger partial charge on any atom is 0.115 e. The normalized spacial score (nSPS) is 20.7. The van der Waals surface area contributed by atoms with Crippen LogP contribution in [0.4, 0.5) is 0 Å². The summed E-state index contributed by atoms with van der Waals surface area (Å²) < 4.78 is 0. The number of benzene rings is 1. The van der Waals surface area contributed by atoms with Crippen LogP contribution in [0.2, 0.25) is 0 Å². The molecule has 82 valence electrons. The summed E-state index contributed by atoms with van der Waals surface area (Å²) in [4.78, 5) is 0. The fourth-order valence-electron chi connectivity index (χ4n) is 2.00. The second kappa shape index (κ2) is 4.21. The molecule has 1 saturated carbocycles. The molecule has 0 spiro atoms. The SMILES string of the molecule is N[C@@H](c1cccc(O)c1)[C@H](O)C1CCC1. The summed E-state index contributed by atoms with van der Waals surface area (Å²) in [5, 5.41) is 19.3. The number of aromatic hydroxyl groups is 1. The highest BCUT2D eigenvalue weighted by Crippen LogP contribution is 2.34. The van der Waals surface area contributed by atoms with E-state index in [0.29, 0.717) is 5.92 Å². The summed E-state index contributed by atoms with van der Waals surface area (Å²) >= 11 is 0. The molecule has 0 bridgehead atoms. The van der Waals surface area contributed by atoms with Crippen molar-refractivity contribution in [2.75, 3.05) is 0 Å². The molecule has 0 amide bonds. The zero-order valence-electron chi connectivity index (χ0n) is 8.63. The van der Waals surface area contributed by atoms with Gasteiger partial charge in [0.05, 0.1) is 12.1 Å². The molecule has 15 heavy (non-hydrogen) atoms. The minimum Gasteiger partial charge on any atom is -0.508 e. The third-order valence-electron chi connectivity index (χ3n) is 3.26. The molecule has 0 aromatic heterocycles. The lowest BCUT2D eigenvalue weighted by molar-refractivity contribution is 0.0413. The Kier molecular flexibility index (Phi) is 2.93. The Hall–Kier alpha value is -1.06. The van der Waals surface area contributed by atoms with E-state index in [1.807, 2.05) is 6.07 Å². The zero-order chi connectivity index (χ0) is 10.8. The lowest BCUT2D eigenvalue weighted by Crippen LogP contribution is -2.36. The summed E-state index contributed by atoms with van der Waals surface area (Å²) in [5.41, 5.74) is 6.76. The van der Waals surface area contributed by atoms with Crippen molar-refractivity contribution in [1.29, 1.82) is 0 Å². The van der Waals surface area contributed by atoms with Gasteiger partial charge in [0.25, 0.3) is 0 Å². The van der Waals surface area contributed by atoms with Gasteiger partial charge in [-0.15, -0.1) is 0 Å². The van der Waals surface area contributed by atoms with Gasteiger partial charge in [0.15, 0.2) is 0 Å². The number of rotatable bonds is 3. The fourth-order valence-corrected chi connectivity index (χ4v) is 2.00. The van der Waals surface area contributed by atoms with Gasteiger partial charge >= 0.3 is 0 Å². The molecule has 0 unspecified atom stereocenters. The molecule has 1 aliphatic carbocycles. The lowest BCUT2D eigenvalue weighted by atomic mass is 9.77. The molecule has 1 aromatic carbocycles. The first-order valence-electron chi connectivity index (χ1n) is 5.41. The second-order valence-corrected chi connectivity index (χ2v) is 4.30. The zero-order valence-corrected chi connectivity index (χ0v) is 8.63. The van der Waals surface area contributed by atoms with Gasteiger partial charge in [-0.3, -0.25) is 0 Å². The molecule has 0 heterocycles. The van der Waals surface area contributed by atoms with Crippen molar-refractivity contribution < 1.29 is 10.2 Å². The van der Waals surface area contributed by atoms with E-state index in [1.165, 1.54) is 6.42 Å². The summed E-state index contributed by atoms with van der Waals surface area (Å²) in [6, 6.07) is 6.42. The van der Waals surface area contributed by atoms with Gasteiger partial charge < -0.3 is 15.9 Å². The van der Waals surface area contributed by atoms with E-state index in [-0.39, 0.29) is 11.8 Å². The third kappa shape index (κ3) is 2.13. The number of phenolic OH excluding ortho intramolecular Hbond substituents is 1. The largest absolute Gasteiger partial charge is 0.508 e. The van der Waals surface area contributed by atoms with E-state index in [2.05, 4.69) is 0 Å². The average molecular weight is 207 g/mol. The van der Waals surface area contributed by atoms with E-state index in [1.54, 1.807) is 18.2 Å². The van der Waals surface area contributed by atoms with Crippen molar-refractivity contribution in [1.82, 2.24) is 0 Å². The average Bonchev–Trinajstić information content (AvgIpc) is 2.14. The van der Waals surface area contributed by atoms with Gasteiger partial charge in [0, 0.05) is 0 Å². The molecule has 3 heteroatoms. The molecule has 4 N–H and O–H groups in total.